The van der Waals surface area contributed by atoms with E-state index in [9.17, 15) is 9.90 Å². The number of rotatable bonds is 4. The van der Waals surface area contributed by atoms with E-state index in [2.05, 4.69) is 14.9 Å². The number of carbonyl (C=O) groups excluding carboxylic acids is 1. The van der Waals surface area contributed by atoms with Crippen molar-refractivity contribution in [2.75, 3.05) is 33.2 Å². The monoisotopic (exact) mass is 306 g/mol. The van der Waals surface area contributed by atoms with Crippen molar-refractivity contribution in [2.45, 2.75) is 31.8 Å². The molecule has 6 heteroatoms. The van der Waals surface area contributed by atoms with E-state index in [0.29, 0.717) is 18.9 Å². The first kappa shape index (κ1) is 15.5. The summed E-state index contributed by atoms with van der Waals surface area (Å²) >= 11 is 0. The number of likely N-dealkylation sites (tertiary alicyclic amines) is 2. The van der Waals surface area contributed by atoms with Gasteiger partial charge in [0.25, 0.3) is 0 Å². The lowest BCUT2D eigenvalue weighted by atomic mass is 9.91. The van der Waals surface area contributed by atoms with E-state index >= 15 is 0 Å². The van der Waals surface area contributed by atoms with Gasteiger partial charge in [-0.2, -0.15) is 0 Å². The Morgan fingerprint density at radius 1 is 1.41 bits per heavy atom. The Hall–Kier alpha value is -1.40. The average molecular weight is 306 g/mol. The minimum Gasteiger partial charge on any atom is -0.391 e. The molecule has 0 bridgehead atoms. The third kappa shape index (κ3) is 3.67. The number of likely N-dealkylation sites (N-methyl/N-ethyl adjacent to an activating group) is 1. The van der Waals surface area contributed by atoms with Crippen LogP contribution in [0.1, 0.15) is 25.0 Å². The lowest BCUT2D eigenvalue weighted by molar-refractivity contribution is -0.134. The molecule has 0 spiro atoms. The standard InChI is InChI=1S/C16H26N4O2/c1-19-9-13(15(21)10-19)7-16(22)20-4-2-12(3-5-20)6-14-8-17-11-18-14/h8,11-13,15,21H,2-7,9-10H2,1H3,(H,17,18)/t13-,15-/m1/s1. The van der Waals surface area contributed by atoms with Gasteiger partial charge < -0.3 is 19.9 Å². The van der Waals surface area contributed by atoms with Crippen molar-refractivity contribution in [2.24, 2.45) is 11.8 Å². The van der Waals surface area contributed by atoms with E-state index in [0.717, 1.165) is 38.9 Å². The molecule has 0 saturated carbocycles. The van der Waals surface area contributed by atoms with Crippen LogP contribution in [0, 0.1) is 11.8 Å². The summed E-state index contributed by atoms with van der Waals surface area (Å²) in [5.41, 5.74) is 1.18. The number of aliphatic hydroxyl groups is 1. The normalized spacial score (nSPS) is 27.5. The second kappa shape index (κ2) is 6.79. The summed E-state index contributed by atoms with van der Waals surface area (Å²) in [5, 5.41) is 9.97. The number of hydrogen-bond acceptors (Lipinski definition) is 4. The van der Waals surface area contributed by atoms with Gasteiger partial charge in [0.05, 0.1) is 12.4 Å². The number of nitrogens with zero attached hydrogens (tertiary/aromatic N) is 3. The maximum absolute atomic E-state index is 12.4. The minimum absolute atomic E-state index is 0.0974. The van der Waals surface area contributed by atoms with Gasteiger partial charge in [0.1, 0.15) is 0 Å². The van der Waals surface area contributed by atoms with Crippen LogP contribution in [0.3, 0.4) is 0 Å². The molecule has 0 radical (unpaired) electrons. The van der Waals surface area contributed by atoms with E-state index in [4.69, 9.17) is 0 Å². The van der Waals surface area contributed by atoms with Gasteiger partial charge in [-0.1, -0.05) is 0 Å². The number of aromatic amines is 1. The highest BCUT2D eigenvalue weighted by Crippen LogP contribution is 2.24. The van der Waals surface area contributed by atoms with Crippen LogP contribution in [-0.4, -0.2) is 70.1 Å². The predicted molar refractivity (Wildman–Crippen MR) is 83.2 cm³/mol. The maximum atomic E-state index is 12.4. The molecular weight excluding hydrogens is 280 g/mol. The van der Waals surface area contributed by atoms with E-state index in [1.165, 1.54) is 5.69 Å². The molecule has 2 N–H and O–H groups in total. The first-order chi connectivity index (χ1) is 10.6. The highest BCUT2D eigenvalue weighted by atomic mass is 16.3. The van der Waals surface area contributed by atoms with Crippen LogP contribution in [0.15, 0.2) is 12.5 Å². The van der Waals surface area contributed by atoms with Gasteiger partial charge in [-0.3, -0.25) is 4.79 Å². The molecule has 1 aromatic heterocycles. The molecule has 0 aromatic carbocycles. The number of aromatic nitrogens is 2. The SMILES string of the molecule is CN1C[C@@H](CC(=O)N2CCC(Cc3cnc[nH]3)CC2)[C@H](O)C1. The third-order valence-corrected chi connectivity index (χ3v) is 5.06. The zero-order valence-corrected chi connectivity index (χ0v) is 13.2. The molecule has 2 saturated heterocycles. The molecule has 2 aliphatic heterocycles. The highest BCUT2D eigenvalue weighted by molar-refractivity contribution is 5.76. The third-order valence-electron chi connectivity index (χ3n) is 5.06. The molecule has 3 rings (SSSR count). The van der Waals surface area contributed by atoms with Crippen LogP contribution in [0.4, 0.5) is 0 Å². The quantitative estimate of drug-likeness (QED) is 0.850. The molecule has 2 aliphatic rings. The number of H-pyrrole nitrogens is 1. The Labute approximate surface area is 131 Å². The average Bonchev–Trinajstić information content (AvgIpc) is 3.10. The molecule has 1 aromatic rings. The number of amides is 1. The van der Waals surface area contributed by atoms with Crippen LogP contribution in [0.25, 0.3) is 0 Å². The van der Waals surface area contributed by atoms with Crippen molar-refractivity contribution >= 4 is 5.91 Å². The Morgan fingerprint density at radius 3 is 2.77 bits per heavy atom. The van der Waals surface area contributed by atoms with Crippen LogP contribution in [-0.2, 0) is 11.2 Å². The summed E-state index contributed by atoms with van der Waals surface area (Å²) in [7, 11) is 1.99. The van der Waals surface area contributed by atoms with Crippen molar-refractivity contribution in [3.8, 4) is 0 Å². The number of imidazole rings is 1. The topological polar surface area (TPSA) is 72.5 Å². The molecule has 22 heavy (non-hydrogen) atoms. The van der Waals surface area contributed by atoms with Crippen LogP contribution >= 0.6 is 0 Å². The second-order valence-corrected chi connectivity index (χ2v) is 6.86. The molecule has 2 atom stereocenters. The van der Waals surface area contributed by atoms with Crippen molar-refractivity contribution < 1.29 is 9.90 Å². The smallest absolute Gasteiger partial charge is 0.222 e. The van der Waals surface area contributed by atoms with Crippen molar-refractivity contribution in [1.82, 2.24) is 19.8 Å². The number of β-amino-alcohol motifs (C(OH)–C–C–N with tert-alkyl or cyclic N) is 1. The molecule has 1 amide bonds. The minimum atomic E-state index is -0.355. The maximum Gasteiger partial charge on any atom is 0.222 e. The summed E-state index contributed by atoms with van der Waals surface area (Å²) in [6, 6.07) is 0. The van der Waals surface area contributed by atoms with Gasteiger partial charge in [0.15, 0.2) is 0 Å². The van der Waals surface area contributed by atoms with E-state index < -0.39 is 0 Å². The number of hydrogen-bond donors (Lipinski definition) is 2. The largest absolute Gasteiger partial charge is 0.391 e. The Kier molecular flexibility index (Phi) is 4.78. The molecule has 3 heterocycles. The number of aliphatic hydroxyl groups excluding tert-OH is 1. The second-order valence-electron chi connectivity index (χ2n) is 6.86. The summed E-state index contributed by atoms with van der Waals surface area (Å²) in [6.07, 6.45) is 6.86. The molecule has 0 unspecified atom stereocenters. The van der Waals surface area contributed by atoms with E-state index in [1.807, 2.05) is 18.1 Å². The van der Waals surface area contributed by atoms with Gasteiger partial charge >= 0.3 is 0 Å². The molecule has 2 fully saturated rings. The first-order valence-electron chi connectivity index (χ1n) is 8.23. The summed E-state index contributed by atoms with van der Waals surface area (Å²) in [4.78, 5) is 23.7. The zero-order valence-electron chi connectivity index (χ0n) is 13.2. The lowest BCUT2D eigenvalue weighted by Crippen LogP contribution is -2.40. The summed E-state index contributed by atoms with van der Waals surface area (Å²) in [5.74, 6) is 0.937. The summed E-state index contributed by atoms with van der Waals surface area (Å²) < 4.78 is 0. The molecule has 122 valence electrons. The van der Waals surface area contributed by atoms with Crippen molar-refractivity contribution in [1.29, 1.82) is 0 Å². The van der Waals surface area contributed by atoms with E-state index in [-0.39, 0.29) is 17.9 Å². The molecular formula is C16H26N4O2. The van der Waals surface area contributed by atoms with Gasteiger partial charge in [0.2, 0.25) is 5.91 Å². The van der Waals surface area contributed by atoms with Gasteiger partial charge in [-0.15, -0.1) is 0 Å². The Balaban J connectivity index is 1.44. The highest BCUT2D eigenvalue weighted by Gasteiger charge is 2.33. The molecule has 0 aliphatic carbocycles. The Bertz CT molecular complexity index is 482. The number of carbonyl (C=O) groups is 1. The van der Waals surface area contributed by atoms with Crippen molar-refractivity contribution in [3.05, 3.63) is 18.2 Å². The fourth-order valence-corrected chi connectivity index (χ4v) is 3.71. The predicted octanol–water partition coefficient (Wildman–Crippen LogP) is 0.503. The van der Waals surface area contributed by atoms with E-state index in [1.54, 1.807) is 6.33 Å². The lowest BCUT2D eigenvalue weighted by Gasteiger charge is -2.32. The zero-order chi connectivity index (χ0) is 15.5. The van der Waals surface area contributed by atoms with Crippen LogP contribution < -0.4 is 0 Å². The summed E-state index contributed by atoms with van der Waals surface area (Å²) in [6.45, 7) is 3.19. The van der Waals surface area contributed by atoms with Crippen LogP contribution in [0.5, 0.6) is 0 Å². The fraction of sp³-hybridized carbons (Fsp3) is 0.750. The van der Waals surface area contributed by atoms with Gasteiger partial charge in [0, 0.05) is 50.4 Å². The Morgan fingerprint density at radius 2 is 2.18 bits per heavy atom. The number of piperidine rings is 1. The van der Waals surface area contributed by atoms with Gasteiger partial charge in [-0.05, 0) is 32.2 Å². The fourth-order valence-electron chi connectivity index (χ4n) is 3.71. The first-order valence-corrected chi connectivity index (χ1v) is 8.23. The van der Waals surface area contributed by atoms with Gasteiger partial charge in [-0.25, -0.2) is 4.98 Å². The van der Waals surface area contributed by atoms with Crippen LogP contribution in [0.2, 0.25) is 0 Å². The number of nitrogens with one attached hydrogen (secondary N) is 1. The molecule has 6 nitrogen and oxygen atoms in total. The van der Waals surface area contributed by atoms with Crippen molar-refractivity contribution in [3.63, 3.8) is 0 Å².